The van der Waals surface area contributed by atoms with E-state index >= 15 is 0 Å². The zero-order valence-corrected chi connectivity index (χ0v) is 24.2. The maximum absolute atomic E-state index is 10.3. The van der Waals surface area contributed by atoms with Crippen molar-refractivity contribution in [1.29, 1.82) is 0 Å². The zero-order valence-electron chi connectivity index (χ0n) is 24.2. The van der Waals surface area contributed by atoms with E-state index in [0.29, 0.717) is 5.75 Å². The monoisotopic (exact) mass is 525 g/mol. The van der Waals surface area contributed by atoms with Gasteiger partial charge < -0.3 is 14.4 Å². The lowest BCUT2D eigenvalue weighted by atomic mass is 10.0. The first-order chi connectivity index (χ1) is 18.9. The summed E-state index contributed by atoms with van der Waals surface area (Å²) in [5.74, 6) is 2.26. The van der Waals surface area contributed by atoms with Crippen molar-refractivity contribution in [2.45, 2.75) is 73.0 Å². The summed E-state index contributed by atoms with van der Waals surface area (Å²) in [5, 5.41) is 10.3. The number of hydrogen-bond donors (Lipinski definition) is 1. The van der Waals surface area contributed by atoms with Crippen LogP contribution in [0.4, 0.5) is 0 Å². The van der Waals surface area contributed by atoms with Crippen LogP contribution in [-0.4, -0.2) is 33.2 Å². The second-order valence-corrected chi connectivity index (χ2v) is 10.5. The Morgan fingerprint density at radius 1 is 0.846 bits per heavy atom. The van der Waals surface area contributed by atoms with Crippen LogP contribution in [0.15, 0.2) is 66.7 Å². The lowest BCUT2D eigenvalue weighted by Gasteiger charge is -2.25. The van der Waals surface area contributed by atoms with Gasteiger partial charge in [0.05, 0.1) is 18.5 Å². The van der Waals surface area contributed by atoms with E-state index in [0.717, 1.165) is 91.4 Å². The predicted octanol–water partition coefficient (Wildman–Crippen LogP) is 8.15. The maximum Gasteiger partial charge on any atom is 0.140 e. The number of aromatic nitrogens is 2. The van der Waals surface area contributed by atoms with Crippen molar-refractivity contribution in [1.82, 2.24) is 14.5 Å². The molecule has 1 N–H and O–H groups in total. The standard InChI is InChI=1S/C34H43N3O2/c1-6-8-19-36(23-27-21-25(3)33(38)26(4)22-27)24-31-32(28-15-17-30(39-5)18-16-28)35-34(37(31)20-9-7-2)29-13-11-10-12-14-29/h10-18,21-22,38H,6-9,19-20,23-24H2,1-5H3. The highest BCUT2D eigenvalue weighted by Gasteiger charge is 2.22. The number of ether oxygens (including phenoxy) is 1. The van der Waals surface area contributed by atoms with Crippen LogP contribution in [0, 0.1) is 13.8 Å². The number of phenols is 1. The smallest absolute Gasteiger partial charge is 0.140 e. The summed E-state index contributed by atoms with van der Waals surface area (Å²) in [7, 11) is 1.70. The van der Waals surface area contributed by atoms with E-state index < -0.39 is 0 Å². The third-order valence-corrected chi connectivity index (χ3v) is 7.36. The quantitative estimate of drug-likeness (QED) is 0.191. The van der Waals surface area contributed by atoms with Gasteiger partial charge in [-0.15, -0.1) is 0 Å². The Morgan fingerprint density at radius 3 is 2.13 bits per heavy atom. The van der Waals surface area contributed by atoms with Crippen molar-refractivity contribution in [3.05, 3.63) is 89.1 Å². The molecule has 1 aromatic heterocycles. The van der Waals surface area contributed by atoms with Crippen LogP contribution in [0.2, 0.25) is 0 Å². The molecule has 0 radical (unpaired) electrons. The number of phenolic OH excluding ortho intramolecular Hbond substituents is 1. The Labute approximate surface area is 234 Å². The Hall–Kier alpha value is -3.57. The number of hydrogen-bond acceptors (Lipinski definition) is 4. The fraction of sp³-hybridized carbons (Fsp3) is 0.382. The molecule has 0 spiro atoms. The number of rotatable bonds is 13. The van der Waals surface area contributed by atoms with Gasteiger partial charge in [-0.1, -0.05) is 69.2 Å². The highest BCUT2D eigenvalue weighted by Crippen LogP contribution is 2.33. The molecule has 0 atom stereocenters. The minimum Gasteiger partial charge on any atom is -0.507 e. The summed E-state index contributed by atoms with van der Waals surface area (Å²) in [5.41, 5.74) is 7.61. The first kappa shape index (κ1) is 28.4. The van der Waals surface area contributed by atoms with Crippen LogP contribution in [0.25, 0.3) is 22.6 Å². The molecule has 0 aliphatic heterocycles. The van der Waals surface area contributed by atoms with Gasteiger partial charge in [0, 0.05) is 30.8 Å². The molecule has 0 amide bonds. The summed E-state index contributed by atoms with van der Waals surface area (Å²) in [6, 6.07) is 23.1. The fourth-order valence-corrected chi connectivity index (χ4v) is 5.19. The van der Waals surface area contributed by atoms with Gasteiger partial charge in [-0.2, -0.15) is 0 Å². The molecular formula is C34H43N3O2. The Kier molecular flexibility index (Phi) is 9.83. The van der Waals surface area contributed by atoms with Gasteiger partial charge in [0.25, 0.3) is 0 Å². The normalized spacial score (nSPS) is 11.3. The minimum atomic E-state index is 0.394. The van der Waals surface area contributed by atoms with Crippen LogP contribution in [0.5, 0.6) is 11.5 Å². The summed E-state index contributed by atoms with van der Waals surface area (Å²) in [6.07, 6.45) is 4.48. The molecule has 206 valence electrons. The molecule has 3 aromatic carbocycles. The number of methoxy groups -OCH3 is 1. The zero-order chi connectivity index (χ0) is 27.8. The van der Waals surface area contributed by atoms with Crippen molar-refractivity contribution in [3.63, 3.8) is 0 Å². The lowest BCUT2D eigenvalue weighted by Crippen LogP contribution is -2.26. The van der Waals surface area contributed by atoms with E-state index in [1.54, 1.807) is 7.11 Å². The van der Waals surface area contributed by atoms with Gasteiger partial charge in [-0.3, -0.25) is 4.90 Å². The number of benzene rings is 3. The van der Waals surface area contributed by atoms with E-state index in [-0.39, 0.29) is 0 Å². The topological polar surface area (TPSA) is 50.5 Å². The van der Waals surface area contributed by atoms with Crippen LogP contribution < -0.4 is 4.74 Å². The number of imidazole rings is 1. The number of unbranched alkanes of at least 4 members (excludes halogenated alkanes) is 2. The average Bonchev–Trinajstić information content (AvgIpc) is 3.31. The maximum atomic E-state index is 10.3. The Bertz CT molecular complexity index is 1320. The summed E-state index contributed by atoms with van der Waals surface area (Å²) < 4.78 is 7.89. The molecule has 0 fully saturated rings. The van der Waals surface area contributed by atoms with Crippen molar-refractivity contribution in [2.24, 2.45) is 0 Å². The second-order valence-electron chi connectivity index (χ2n) is 10.5. The molecule has 4 aromatic rings. The van der Waals surface area contributed by atoms with Gasteiger partial charge >= 0.3 is 0 Å². The Balaban J connectivity index is 1.82. The minimum absolute atomic E-state index is 0.394. The highest BCUT2D eigenvalue weighted by molar-refractivity contribution is 5.69. The average molecular weight is 526 g/mol. The molecule has 0 aliphatic rings. The van der Waals surface area contributed by atoms with E-state index in [1.807, 2.05) is 26.0 Å². The molecule has 0 saturated carbocycles. The highest BCUT2D eigenvalue weighted by atomic mass is 16.5. The van der Waals surface area contributed by atoms with Crippen molar-refractivity contribution in [3.8, 4) is 34.1 Å². The van der Waals surface area contributed by atoms with Crippen LogP contribution >= 0.6 is 0 Å². The van der Waals surface area contributed by atoms with Crippen LogP contribution in [-0.2, 0) is 19.6 Å². The van der Waals surface area contributed by atoms with Gasteiger partial charge in [-0.25, -0.2) is 4.98 Å². The summed E-state index contributed by atoms with van der Waals surface area (Å²) in [4.78, 5) is 7.84. The fourth-order valence-electron chi connectivity index (χ4n) is 5.19. The molecule has 5 heteroatoms. The van der Waals surface area contributed by atoms with E-state index in [2.05, 4.69) is 77.9 Å². The molecule has 0 saturated heterocycles. The Morgan fingerprint density at radius 2 is 1.51 bits per heavy atom. The third kappa shape index (κ3) is 6.90. The molecule has 0 aliphatic carbocycles. The first-order valence-electron chi connectivity index (χ1n) is 14.3. The molecular weight excluding hydrogens is 482 g/mol. The molecule has 4 rings (SSSR count). The first-order valence-corrected chi connectivity index (χ1v) is 14.3. The molecule has 5 nitrogen and oxygen atoms in total. The number of nitrogens with zero attached hydrogens (tertiary/aromatic N) is 3. The summed E-state index contributed by atoms with van der Waals surface area (Å²) in [6.45, 7) is 12.0. The van der Waals surface area contributed by atoms with Gasteiger partial charge in [0.1, 0.15) is 17.3 Å². The number of aromatic hydroxyl groups is 1. The molecule has 0 unspecified atom stereocenters. The third-order valence-electron chi connectivity index (χ3n) is 7.36. The number of aryl methyl sites for hydroxylation is 2. The predicted molar refractivity (Wildman–Crippen MR) is 161 cm³/mol. The van der Waals surface area contributed by atoms with Crippen molar-refractivity contribution in [2.75, 3.05) is 13.7 Å². The molecule has 0 bridgehead atoms. The lowest BCUT2D eigenvalue weighted by molar-refractivity contribution is 0.246. The molecule has 39 heavy (non-hydrogen) atoms. The summed E-state index contributed by atoms with van der Waals surface area (Å²) >= 11 is 0. The SMILES string of the molecule is CCCCN(Cc1cc(C)c(O)c(C)c1)Cc1c(-c2ccc(OC)cc2)nc(-c2ccccc2)n1CCCC. The van der Waals surface area contributed by atoms with Gasteiger partial charge in [-0.05, 0) is 74.2 Å². The molecule has 1 heterocycles. The van der Waals surface area contributed by atoms with Crippen LogP contribution in [0.1, 0.15) is 61.9 Å². The van der Waals surface area contributed by atoms with E-state index in [1.165, 1.54) is 11.3 Å². The van der Waals surface area contributed by atoms with Crippen LogP contribution in [0.3, 0.4) is 0 Å². The second kappa shape index (κ2) is 13.5. The van der Waals surface area contributed by atoms with Gasteiger partial charge in [0.2, 0.25) is 0 Å². The van der Waals surface area contributed by atoms with E-state index in [9.17, 15) is 5.11 Å². The van der Waals surface area contributed by atoms with Gasteiger partial charge in [0.15, 0.2) is 0 Å². The van der Waals surface area contributed by atoms with E-state index in [4.69, 9.17) is 9.72 Å². The van der Waals surface area contributed by atoms with Crippen molar-refractivity contribution < 1.29 is 9.84 Å². The largest absolute Gasteiger partial charge is 0.507 e. The van der Waals surface area contributed by atoms with Crippen molar-refractivity contribution >= 4 is 0 Å².